The fourth-order valence-corrected chi connectivity index (χ4v) is 2.67. The zero-order valence-corrected chi connectivity index (χ0v) is 15.3. The number of ether oxygens (including phenoxy) is 1. The van der Waals surface area contributed by atoms with Crippen molar-refractivity contribution in [1.82, 2.24) is 5.32 Å². The zero-order chi connectivity index (χ0) is 20.3. The molecule has 1 atom stereocenters. The van der Waals surface area contributed by atoms with Crippen LogP contribution in [0.5, 0.6) is 0 Å². The number of carbonyl (C=O) groups is 4. The molecule has 1 aliphatic rings. The second-order valence-corrected chi connectivity index (χ2v) is 6.18. The van der Waals surface area contributed by atoms with Crippen molar-refractivity contribution >= 4 is 53.0 Å². The Balaban J connectivity index is 1.86. The summed E-state index contributed by atoms with van der Waals surface area (Å²) in [5, 5.41) is 2.57. The number of nitrogens with one attached hydrogen (secondary N) is 1. The summed E-state index contributed by atoms with van der Waals surface area (Å²) in [6, 6.07) is 11.4. The summed E-state index contributed by atoms with van der Waals surface area (Å²) >= 11 is 5.83. The average molecular weight is 400 g/mol. The second-order valence-electron chi connectivity index (χ2n) is 5.74. The zero-order valence-electron chi connectivity index (χ0n) is 14.6. The molecule has 8 nitrogen and oxygen atoms in total. The van der Waals surface area contributed by atoms with E-state index in [1.54, 1.807) is 18.2 Å². The molecular formula is C19H14ClN3O5. The van der Waals surface area contributed by atoms with Crippen LogP contribution < -0.4 is 10.2 Å². The molecule has 28 heavy (non-hydrogen) atoms. The quantitative estimate of drug-likeness (QED) is 0.483. The molecule has 2 aromatic rings. The number of hydrogen-bond donors (Lipinski definition) is 1. The molecule has 0 aromatic heterocycles. The lowest BCUT2D eigenvalue weighted by atomic mass is 10.1. The number of barbiturate groups is 1. The van der Waals surface area contributed by atoms with E-state index in [4.69, 9.17) is 11.6 Å². The van der Waals surface area contributed by atoms with Crippen LogP contribution in [0.15, 0.2) is 53.5 Å². The van der Waals surface area contributed by atoms with Gasteiger partial charge in [-0.2, -0.15) is 0 Å². The predicted octanol–water partition coefficient (Wildman–Crippen LogP) is 2.73. The molecule has 1 fully saturated rings. The number of esters is 1. The Morgan fingerprint density at radius 1 is 1.18 bits per heavy atom. The fraction of sp³-hybridized carbons (Fsp3) is 0.105. The highest BCUT2D eigenvalue weighted by Crippen LogP contribution is 2.23. The summed E-state index contributed by atoms with van der Waals surface area (Å²) in [6.45, 7) is 0. The molecule has 3 rings (SSSR count). The normalized spacial score (nSPS) is 17.0. The minimum Gasteiger partial charge on any atom is -0.465 e. The molecule has 9 heteroatoms. The first-order valence-electron chi connectivity index (χ1n) is 8.07. The number of aliphatic imine (C=N–C) groups is 1. The van der Waals surface area contributed by atoms with Crippen LogP contribution in [0, 0.1) is 5.92 Å². The third-order valence-electron chi connectivity index (χ3n) is 3.93. The fourth-order valence-electron chi connectivity index (χ4n) is 2.55. The summed E-state index contributed by atoms with van der Waals surface area (Å²) in [7, 11) is 1.26. The van der Waals surface area contributed by atoms with Crippen molar-refractivity contribution in [3.05, 3.63) is 59.1 Å². The van der Waals surface area contributed by atoms with Crippen molar-refractivity contribution in [2.24, 2.45) is 10.9 Å². The van der Waals surface area contributed by atoms with E-state index in [-0.39, 0.29) is 11.3 Å². The third kappa shape index (κ3) is 3.91. The first kappa shape index (κ1) is 19.2. The van der Waals surface area contributed by atoms with Gasteiger partial charge in [-0.1, -0.05) is 17.7 Å². The Hall–Kier alpha value is -3.52. The van der Waals surface area contributed by atoms with E-state index >= 15 is 0 Å². The molecule has 2 aromatic carbocycles. The number of nitrogens with zero attached hydrogens (tertiary/aromatic N) is 2. The lowest BCUT2D eigenvalue weighted by Gasteiger charge is -2.28. The van der Waals surface area contributed by atoms with E-state index < -0.39 is 29.7 Å². The molecule has 4 amide bonds. The van der Waals surface area contributed by atoms with Crippen molar-refractivity contribution in [3.63, 3.8) is 0 Å². The molecule has 1 saturated heterocycles. The van der Waals surface area contributed by atoms with E-state index in [1.807, 2.05) is 0 Å². The standard InChI is InChI=1S/C19H14ClN3O5/c1-28-18(26)11-3-2-4-13(9-11)21-10-15-16(24)22-19(27)23(17(15)25)14-7-5-12(20)6-8-14/h2-10,15H,1H3,(H,22,24,27)/t15-/m1/s1. The number of urea groups is 1. The molecule has 0 bridgehead atoms. The van der Waals surface area contributed by atoms with Crippen LogP contribution in [0.25, 0.3) is 0 Å². The summed E-state index contributed by atoms with van der Waals surface area (Å²) in [4.78, 5) is 53.5. The molecule has 142 valence electrons. The van der Waals surface area contributed by atoms with E-state index in [2.05, 4.69) is 15.0 Å². The Labute approximate surface area is 164 Å². The van der Waals surface area contributed by atoms with Gasteiger partial charge in [0.1, 0.15) is 0 Å². The monoisotopic (exact) mass is 399 g/mol. The molecule has 1 aliphatic heterocycles. The van der Waals surface area contributed by atoms with Crippen molar-refractivity contribution in [2.45, 2.75) is 0 Å². The van der Waals surface area contributed by atoms with Gasteiger partial charge in [-0.25, -0.2) is 14.5 Å². The molecule has 0 saturated carbocycles. The molecule has 1 heterocycles. The van der Waals surface area contributed by atoms with Gasteiger partial charge in [0.05, 0.1) is 24.0 Å². The van der Waals surface area contributed by atoms with Crippen molar-refractivity contribution in [3.8, 4) is 0 Å². The highest BCUT2D eigenvalue weighted by molar-refractivity contribution is 6.33. The number of hydrogen-bond acceptors (Lipinski definition) is 6. The Bertz CT molecular complexity index is 987. The highest BCUT2D eigenvalue weighted by Gasteiger charge is 2.40. The minimum absolute atomic E-state index is 0.269. The van der Waals surface area contributed by atoms with Gasteiger partial charge in [0.2, 0.25) is 5.91 Å². The Morgan fingerprint density at radius 3 is 2.57 bits per heavy atom. The van der Waals surface area contributed by atoms with Crippen LogP contribution >= 0.6 is 11.6 Å². The number of amides is 4. The van der Waals surface area contributed by atoms with Crippen molar-refractivity contribution in [1.29, 1.82) is 0 Å². The summed E-state index contributed by atoms with van der Waals surface area (Å²) in [5.41, 5.74) is 0.887. The van der Waals surface area contributed by atoms with Gasteiger partial charge < -0.3 is 4.74 Å². The molecule has 0 aliphatic carbocycles. The summed E-state index contributed by atoms with van der Waals surface area (Å²) in [6.07, 6.45) is 1.13. The second kappa shape index (κ2) is 8.01. The number of carbonyl (C=O) groups excluding carboxylic acids is 4. The number of anilines is 1. The van der Waals surface area contributed by atoms with Gasteiger partial charge in [0.15, 0.2) is 5.92 Å². The first-order chi connectivity index (χ1) is 13.4. The summed E-state index contributed by atoms with van der Waals surface area (Å²) in [5.74, 6) is -3.38. The summed E-state index contributed by atoms with van der Waals surface area (Å²) < 4.78 is 4.64. The van der Waals surface area contributed by atoms with Gasteiger partial charge in [0.25, 0.3) is 5.91 Å². The van der Waals surface area contributed by atoms with Crippen LogP contribution in [0.3, 0.4) is 0 Å². The highest BCUT2D eigenvalue weighted by atomic mass is 35.5. The lowest BCUT2D eigenvalue weighted by Crippen LogP contribution is -2.58. The number of imide groups is 2. The smallest absolute Gasteiger partial charge is 0.337 e. The first-order valence-corrected chi connectivity index (χ1v) is 8.45. The van der Waals surface area contributed by atoms with Gasteiger partial charge in [-0.05, 0) is 42.5 Å². The van der Waals surface area contributed by atoms with Crippen molar-refractivity contribution < 1.29 is 23.9 Å². The van der Waals surface area contributed by atoms with Gasteiger partial charge in [-0.3, -0.25) is 19.9 Å². The maximum atomic E-state index is 12.7. The molecular weight excluding hydrogens is 386 g/mol. The molecule has 0 radical (unpaired) electrons. The SMILES string of the molecule is COC(=O)c1cccc(N=C[C@@H]2C(=O)NC(=O)N(c3ccc(Cl)cc3)C2=O)c1. The van der Waals surface area contributed by atoms with Crippen LogP contribution in [0.2, 0.25) is 5.02 Å². The minimum atomic E-state index is -1.31. The molecule has 0 spiro atoms. The van der Waals surface area contributed by atoms with Crippen LogP contribution in [-0.2, 0) is 14.3 Å². The maximum absolute atomic E-state index is 12.7. The number of benzene rings is 2. The van der Waals surface area contributed by atoms with E-state index in [0.717, 1.165) is 11.1 Å². The Kier molecular flexibility index (Phi) is 5.51. The predicted molar refractivity (Wildman–Crippen MR) is 102 cm³/mol. The number of halogens is 1. The average Bonchev–Trinajstić information content (AvgIpc) is 2.68. The van der Waals surface area contributed by atoms with Crippen LogP contribution in [0.1, 0.15) is 10.4 Å². The third-order valence-corrected chi connectivity index (χ3v) is 4.18. The largest absolute Gasteiger partial charge is 0.465 e. The number of rotatable bonds is 4. The van der Waals surface area contributed by atoms with Gasteiger partial charge in [0, 0.05) is 11.2 Å². The van der Waals surface area contributed by atoms with Gasteiger partial charge >= 0.3 is 12.0 Å². The van der Waals surface area contributed by atoms with E-state index in [0.29, 0.717) is 10.7 Å². The van der Waals surface area contributed by atoms with E-state index in [1.165, 1.54) is 37.4 Å². The Morgan fingerprint density at radius 2 is 1.89 bits per heavy atom. The van der Waals surface area contributed by atoms with Gasteiger partial charge in [-0.15, -0.1) is 0 Å². The topological polar surface area (TPSA) is 105 Å². The van der Waals surface area contributed by atoms with Crippen molar-refractivity contribution in [2.75, 3.05) is 12.0 Å². The van der Waals surface area contributed by atoms with E-state index in [9.17, 15) is 19.2 Å². The molecule has 1 N–H and O–H groups in total. The number of methoxy groups -OCH3 is 1. The van der Waals surface area contributed by atoms with Crippen LogP contribution in [-0.4, -0.2) is 37.1 Å². The molecule has 0 unspecified atom stereocenters. The lowest BCUT2D eigenvalue weighted by molar-refractivity contribution is -0.131. The van der Waals surface area contributed by atoms with Crippen LogP contribution in [0.4, 0.5) is 16.2 Å². The maximum Gasteiger partial charge on any atom is 0.337 e.